The standard InChI is InChI=1S/C73H112O6/c1-4-7-10-13-16-19-22-25-28-31-33-35-36-38-39-42-45-48-51-54-57-60-63-66-72(75)78-69-70(68-77-71(74)65-62-59-56-53-50-47-44-41-30-27-24-21-18-15-12-9-6-3)79-73(76)67-64-61-58-55-52-49-46-43-40-37-34-32-29-26-23-20-17-14-11-8-5-2/h7-12,16-21,25-30,33-35,37-39,43-44,46-47,52,55,70H,4-6,13-15,22-24,31-32,36,40-42,45,48-51,53-54,56-69H2,1-3H3/b10-7-,11-8-,12-9-,19-16-,20-17-,21-18-,28-25-,29-26-,30-27-,35-33-,37-34-,39-38-,46-43-,47-44-,55-52-. The number of esters is 3. The lowest BCUT2D eigenvalue weighted by molar-refractivity contribution is -0.167. The Balaban J connectivity index is 4.57. The van der Waals surface area contributed by atoms with Crippen molar-refractivity contribution in [2.24, 2.45) is 0 Å². The molecule has 0 saturated heterocycles. The van der Waals surface area contributed by atoms with Crippen molar-refractivity contribution in [2.45, 2.75) is 245 Å². The van der Waals surface area contributed by atoms with Crippen LogP contribution in [0.1, 0.15) is 239 Å². The molecule has 0 aliphatic carbocycles. The van der Waals surface area contributed by atoms with Gasteiger partial charge in [-0.15, -0.1) is 0 Å². The van der Waals surface area contributed by atoms with Crippen molar-refractivity contribution in [1.29, 1.82) is 0 Å². The van der Waals surface area contributed by atoms with Crippen LogP contribution in [0.25, 0.3) is 0 Å². The van der Waals surface area contributed by atoms with Crippen molar-refractivity contribution in [2.75, 3.05) is 13.2 Å². The Bertz CT molecular complexity index is 1870. The highest BCUT2D eigenvalue weighted by Gasteiger charge is 2.19. The van der Waals surface area contributed by atoms with Gasteiger partial charge in [-0.3, -0.25) is 14.4 Å². The second kappa shape index (κ2) is 65.0. The zero-order chi connectivity index (χ0) is 57.1. The molecule has 0 bridgehead atoms. The molecule has 0 aliphatic heterocycles. The average Bonchev–Trinajstić information content (AvgIpc) is 3.45. The fraction of sp³-hybridized carbons (Fsp3) is 0.548. The summed E-state index contributed by atoms with van der Waals surface area (Å²) in [6.07, 6.45) is 97.4. The number of allylic oxidation sites excluding steroid dienone is 30. The molecule has 79 heavy (non-hydrogen) atoms. The van der Waals surface area contributed by atoms with Gasteiger partial charge in [0.15, 0.2) is 6.10 Å². The summed E-state index contributed by atoms with van der Waals surface area (Å²) in [6.45, 7) is 6.22. The van der Waals surface area contributed by atoms with Gasteiger partial charge in [0.05, 0.1) is 0 Å². The SMILES string of the molecule is CC/C=C\C/C=C\C/C=C\C/C=C\C/C=C\C/C=C\CCCCC(=O)OC(COC(=O)CCCCCC/C=C\C/C=C\C/C=C\C/C=C\CC)COC(=O)CCCCCCCCC/C=C\C/C=C\C/C=C\C/C=C\C/C=C\CC. The van der Waals surface area contributed by atoms with E-state index < -0.39 is 6.10 Å². The number of rotatable bonds is 54. The summed E-state index contributed by atoms with van der Waals surface area (Å²) in [5.74, 6) is -1.01. The fourth-order valence-electron chi connectivity index (χ4n) is 7.81. The molecule has 440 valence electrons. The Hall–Kier alpha value is -5.49. The van der Waals surface area contributed by atoms with Gasteiger partial charge in [-0.05, 0) is 154 Å². The number of hydrogen-bond donors (Lipinski definition) is 0. The molecule has 0 aromatic carbocycles. The number of carbonyl (C=O) groups excluding carboxylic acids is 3. The predicted molar refractivity (Wildman–Crippen MR) is 343 cm³/mol. The van der Waals surface area contributed by atoms with Crippen molar-refractivity contribution < 1.29 is 28.6 Å². The monoisotopic (exact) mass is 1080 g/mol. The van der Waals surface area contributed by atoms with E-state index in [4.69, 9.17) is 14.2 Å². The van der Waals surface area contributed by atoms with E-state index in [0.29, 0.717) is 19.3 Å². The number of unbranched alkanes of at least 4 members (excludes halogenated alkanes) is 13. The number of carbonyl (C=O) groups is 3. The second-order valence-corrected chi connectivity index (χ2v) is 19.8. The Labute approximate surface area is 484 Å². The average molecular weight is 1090 g/mol. The molecule has 6 nitrogen and oxygen atoms in total. The first-order valence-corrected chi connectivity index (χ1v) is 31.3. The lowest BCUT2D eigenvalue weighted by Crippen LogP contribution is -2.30. The van der Waals surface area contributed by atoms with Crippen LogP contribution < -0.4 is 0 Å². The molecule has 0 saturated carbocycles. The third kappa shape index (κ3) is 63.2. The van der Waals surface area contributed by atoms with Gasteiger partial charge >= 0.3 is 17.9 Å². The highest BCUT2D eigenvalue weighted by molar-refractivity contribution is 5.71. The summed E-state index contributed by atoms with van der Waals surface area (Å²) in [5.41, 5.74) is 0. The summed E-state index contributed by atoms with van der Waals surface area (Å²) in [4.78, 5) is 38.3. The van der Waals surface area contributed by atoms with E-state index in [1.54, 1.807) is 0 Å². The Morgan fingerprint density at radius 3 is 0.734 bits per heavy atom. The van der Waals surface area contributed by atoms with Gasteiger partial charge in [-0.25, -0.2) is 0 Å². The molecule has 0 aromatic rings. The van der Waals surface area contributed by atoms with Crippen LogP contribution in [0.15, 0.2) is 182 Å². The molecule has 1 atom stereocenters. The van der Waals surface area contributed by atoms with Gasteiger partial charge in [0.25, 0.3) is 0 Å². The molecule has 6 heteroatoms. The molecule has 0 fully saturated rings. The summed E-state index contributed by atoms with van der Waals surface area (Å²) in [5, 5.41) is 0. The fourth-order valence-corrected chi connectivity index (χ4v) is 7.81. The van der Waals surface area contributed by atoms with Crippen molar-refractivity contribution in [3.8, 4) is 0 Å². The maximum atomic E-state index is 12.9. The van der Waals surface area contributed by atoms with E-state index in [1.807, 2.05) is 0 Å². The van der Waals surface area contributed by atoms with Crippen molar-refractivity contribution in [1.82, 2.24) is 0 Å². The normalized spacial score (nSPS) is 13.4. The first kappa shape index (κ1) is 73.5. The maximum Gasteiger partial charge on any atom is 0.306 e. The molecule has 0 aromatic heterocycles. The molecule has 0 heterocycles. The minimum absolute atomic E-state index is 0.119. The van der Waals surface area contributed by atoms with Crippen LogP contribution >= 0.6 is 0 Å². The van der Waals surface area contributed by atoms with Crippen molar-refractivity contribution >= 4 is 17.9 Å². The van der Waals surface area contributed by atoms with Crippen LogP contribution in [0.2, 0.25) is 0 Å². The van der Waals surface area contributed by atoms with E-state index in [2.05, 4.69) is 203 Å². The predicted octanol–water partition coefficient (Wildman–Crippen LogP) is 21.7. The Morgan fingerprint density at radius 1 is 0.253 bits per heavy atom. The molecular formula is C73H112O6. The molecular weight excluding hydrogens is 973 g/mol. The number of ether oxygens (including phenoxy) is 3. The smallest absolute Gasteiger partial charge is 0.306 e. The van der Waals surface area contributed by atoms with Gasteiger partial charge in [0, 0.05) is 19.3 Å². The molecule has 1 unspecified atom stereocenters. The summed E-state index contributed by atoms with van der Waals surface area (Å²) in [7, 11) is 0. The van der Waals surface area contributed by atoms with Gasteiger partial charge < -0.3 is 14.2 Å². The Kier molecular flexibility index (Phi) is 60.5. The van der Waals surface area contributed by atoms with E-state index >= 15 is 0 Å². The highest BCUT2D eigenvalue weighted by Crippen LogP contribution is 2.13. The van der Waals surface area contributed by atoms with E-state index in [1.165, 1.54) is 19.3 Å². The lowest BCUT2D eigenvalue weighted by Gasteiger charge is -2.18. The molecule has 0 rings (SSSR count). The van der Waals surface area contributed by atoms with E-state index in [9.17, 15) is 14.4 Å². The Morgan fingerprint density at radius 2 is 0.456 bits per heavy atom. The minimum Gasteiger partial charge on any atom is -0.462 e. The van der Waals surface area contributed by atoms with Crippen LogP contribution in [0.4, 0.5) is 0 Å². The second-order valence-electron chi connectivity index (χ2n) is 19.8. The van der Waals surface area contributed by atoms with Crippen molar-refractivity contribution in [3.05, 3.63) is 182 Å². The zero-order valence-electron chi connectivity index (χ0n) is 50.3. The quantitative estimate of drug-likeness (QED) is 0.0261. The van der Waals surface area contributed by atoms with Gasteiger partial charge in [-0.1, -0.05) is 248 Å². The van der Waals surface area contributed by atoms with Crippen molar-refractivity contribution in [3.63, 3.8) is 0 Å². The van der Waals surface area contributed by atoms with Crippen LogP contribution in [-0.4, -0.2) is 37.2 Å². The maximum absolute atomic E-state index is 12.9. The number of hydrogen-bond acceptors (Lipinski definition) is 6. The summed E-state index contributed by atoms with van der Waals surface area (Å²) in [6, 6.07) is 0. The molecule has 0 N–H and O–H groups in total. The highest BCUT2D eigenvalue weighted by atomic mass is 16.6. The van der Waals surface area contributed by atoms with Crippen LogP contribution in [0.5, 0.6) is 0 Å². The third-order valence-corrected chi connectivity index (χ3v) is 12.4. The van der Waals surface area contributed by atoms with Crippen LogP contribution in [0.3, 0.4) is 0 Å². The van der Waals surface area contributed by atoms with Crippen LogP contribution in [-0.2, 0) is 28.6 Å². The van der Waals surface area contributed by atoms with E-state index in [-0.39, 0.29) is 37.5 Å². The minimum atomic E-state index is -0.829. The van der Waals surface area contributed by atoms with Gasteiger partial charge in [0.2, 0.25) is 0 Å². The first-order valence-electron chi connectivity index (χ1n) is 31.3. The molecule has 0 radical (unpaired) electrons. The van der Waals surface area contributed by atoms with Crippen LogP contribution in [0, 0.1) is 0 Å². The topological polar surface area (TPSA) is 78.9 Å². The lowest BCUT2D eigenvalue weighted by atomic mass is 10.1. The van der Waals surface area contributed by atoms with E-state index in [0.717, 1.165) is 173 Å². The summed E-state index contributed by atoms with van der Waals surface area (Å²) < 4.78 is 16.9. The molecule has 0 amide bonds. The summed E-state index contributed by atoms with van der Waals surface area (Å²) >= 11 is 0. The van der Waals surface area contributed by atoms with Gasteiger partial charge in [0.1, 0.15) is 13.2 Å². The molecule has 0 spiro atoms. The zero-order valence-corrected chi connectivity index (χ0v) is 50.3. The van der Waals surface area contributed by atoms with Gasteiger partial charge in [-0.2, -0.15) is 0 Å². The molecule has 0 aliphatic rings. The largest absolute Gasteiger partial charge is 0.462 e. The first-order chi connectivity index (χ1) is 39.0. The third-order valence-electron chi connectivity index (χ3n) is 12.4.